The lowest BCUT2D eigenvalue weighted by molar-refractivity contribution is -0.138. The van der Waals surface area contributed by atoms with Crippen LogP contribution in [0.2, 0.25) is 0 Å². The highest BCUT2D eigenvalue weighted by molar-refractivity contribution is 5.86. The van der Waals surface area contributed by atoms with E-state index in [1.165, 1.54) is 5.56 Å². The van der Waals surface area contributed by atoms with Crippen molar-refractivity contribution in [2.45, 2.75) is 26.7 Å². The third-order valence-electron chi connectivity index (χ3n) is 3.88. The van der Waals surface area contributed by atoms with Crippen molar-refractivity contribution in [1.29, 1.82) is 0 Å². The van der Waals surface area contributed by atoms with Crippen molar-refractivity contribution in [3.05, 3.63) is 71.3 Å². The van der Waals surface area contributed by atoms with Crippen molar-refractivity contribution in [3.63, 3.8) is 0 Å². The van der Waals surface area contributed by atoms with Crippen LogP contribution < -0.4 is 0 Å². The monoisotopic (exact) mass is 324 g/mol. The molecule has 3 heteroatoms. The quantitative estimate of drug-likeness (QED) is 0.621. The smallest absolute Gasteiger partial charge is 0.333 e. The Labute approximate surface area is 143 Å². The average Bonchev–Trinajstić information content (AvgIpc) is 2.56. The van der Waals surface area contributed by atoms with Gasteiger partial charge < -0.3 is 9.84 Å². The average molecular weight is 324 g/mol. The van der Waals surface area contributed by atoms with Gasteiger partial charge in [0.2, 0.25) is 0 Å². The number of carbonyl (C=O) groups is 1. The summed E-state index contributed by atoms with van der Waals surface area (Å²) in [4.78, 5) is 11.5. The first-order valence-corrected chi connectivity index (χ1v) is 8.13. The van der Waals surface area contributed by atoms with E-state index in [2.05, 4.69) is 43.8 Å². The molecule has 0 aliphatic rings. The molecule has 0 amide bonds. The van der Waals surface area contributed by atoms with Crippen molar-refractivity contribution in [1.82, 2.24) is 0 Å². The molecule has 2 rings (SSSR count). The molecule has 0 saturated carbocycles. The molecule has 0 aliphatic carbocycles. The van der Waals surface area contributed by atoms with Gasteiger partial charge in [-0.25, -0.2) is 4.79 Å². The van der Waals surface area contributed by atoms with Gasteiger partial charge in [-0.15, -0.1) is 0 Å². The van der Waals surface area contributed by atoms with Gasteiger partial charge in [0.1, 0.15) is 0 Å². The minimum Gasteiger partial charge on any atom is -0.462 e. The van der Waals surface area contributed by atoms with Crippen LogP contribution in [0.15, 0.2) is 54.6 Å². The van der Waals surface area contributed by atoms with Gasteiger partial charge in [0, 0.05) is 18.6 Å². The molecular formula is C21H24O3. The third kappa shape index (κ3) is 4.80. The molecule has 0 unspecified atom stereocenters. The fraction of sp³-hybridized carbons (Fsp3) is 0.286. The van der Waals surface area contributed by atoms with Crippen LogP contribution in [0.25, 0.3) is 11.1 Å². The molecule has 24 heavy (non-hydrogen) atoms. The van der Waals surface area contributed by atoms with Crippen LogP contribution in [0.4, 0.5) is 0 Å². The standard InChI is InChI=1S/C21H24O3/c1-15(2)21(23)24-13-11-19-14-16(3)4-9-20(19)18-7-5-17(6-8-18)10-12-22/h4-9,14,22H,1,10-13H2,2-3H3. The zero-order chi connectivity index (χ0) is 17.5. The van der Waals surface area contributed by atoms with Crippen LogP contribution in [0, 0.1) is 6.92 Å². The lowest BCUT2D eigenvalue weighted by Gasteiger charge is -2.12. The van der Waals surface area contributed by atoms with Crippen molar-refractivity contribution < 1.29 is 14.6 Å². The van der Waals surface area contributed by atoms with E-state index < -0.39 is 0 Å². The first-order chi connectivity index (χ1) is 11.5. The second kappa shape index (κ2) is 8.46. The first-order valence-electron chi connectivity index (χ1n) is 8.13. The van der Waals surface area contributed by atoms with E-state index in [1.807, 2.05) is 12.1 Å². The summed E-state index contributed by atoms with van der Waals surface area (Å²) in [5.74, 6) is -0.349. The van der Waals surface area contributed by atoms with E-state index in [0.29, 0.717) is 25.0 Å². The predicted octanol–water partition coefficient (Wildman–Crippen LogP) is 3.86. The van der Waals surface area contributed by atoms with Gasteiger partial charge in [-0.2, -0.15) is 0 Å². The van der Waals surface area contributed by atoms with Crippen LogP contribution in [0.5, 0.6) is 0 Å². The molecule has 0 aliphatic heterocycles. The van der Waals surface area contributed by atoms with Gasteiger partial charge in [-0.05, 0) is 42.5 Å². The minimum absolute atomic E-state index is 0.156. The van der Waals surface area contributed by atoms with Crippen LogP contribution >= 0.6 is 0 Å². The van der Waals surface area contributed by atoms with E-state index in [-0.39, 0.29) is 12.6 Å². The molecule has 0 bridgehead atoms. The molecule has 0 aromatic heterocycles. The molecule has 2 aromatic rings. The Bertz CT molecular complexity index is 714. The van der Waals surface area contributed by atoms with Gasteiger partial charge in [-0.1, -0.05) is 54.6 Å². The highest BCUT2D eigenvalue weighted by Gasteiger charge is 2.08. The number of hydrogen-bond acceptors (Lipinski definition) is 3. The van der Waals surface area contributed by atoms with Crippen LogP contribution in [-0.2, 0) is 22.4 Å². The molecule has 0 saturated heterocycles. The topological polar surface area (TPSA) is 46.5 Å². The van der Waals surface area contributed by atoms with Gasteiger partial charge in [-0.3, -0.25) is 0 Å². The minimum atomic E-state index is -0.349. The molecule has 0 heterocycles. The summed E-state index contributed by atoms with van der Waals surface area (Å²) in [6.07, 6.45) is 1.33. The number of aliphatic hydroxyl groups excluding tert-OH is 1. The Balaban J connectivity index is 2.17. The van der Waals surface area contributed by atoms with Gasteiger partial charge in [0.15, 0.2) is 0 Å². The summed E-state index contributed by atoms with van der Waals surface area (Å²) in [5.41, 5.74) is 6.13. The number of esters is 1. The lowest BCUT2D eigenvalue weighted by Crippen LogP contribution is -2.08. The largest absolute Gasteiger partial charge is 0.462 e. The summed E-state index contributed by atoms with van der Waals surface area (Å²) < 4.78 is 5.22. The number of ether oxygens (including phenoxy) is 1. The Hall–Kier alpha value is -2.39. The summed E-state index contributed by atoms with van der Waals surface area (Å²) in [6.45, 7) is 7.79. The Morgan fingerprint density at radius 2 is 1.83 bits per heavy atom. The number of hydrogen-bond donors (Lipinski definition) is 1. The maximum Gasteiger partial charge on any atom is 0.333 e. The second-order valence-corrected chi connectivity index (χ2v) is 6.00. The number of aryl methyl sites for hydroxylation is 1. The van der Waals surface area contributed by atoms with Gasteiger partial charge in [0.25, 0.3) is 0 Å². The van der Waals surface area contributed by atoms with Crippen molar-refractivity contribution in [3.8, 4) is 11.1 Å². The summed E-state index contributed by atoms with van der Waals surface area (Å²) in [7, 11) is 0. The molecular weight excluding hydrogens is 300 g/mol. The summed E-state index contributed by atoms with van der Waals surface area (Å²) >= 11 is 0. The highest BCUT2D eigenvalue weighted by Crippen LogP contribution is 2.26. The SMILES string of the molecule is C=C(C)C(=O)OCCc1cc(C)ccc1-c1ccc(CCO)cc1. The molecule has 3 nitrogen and oxygen atoms in total. The molecule has 0 fully saturated rings. The number of rotatable bonds is 7. The zero-order valence-corrected chi connectivity index (χ0v) is 14.3. The highest BCUT2D eigenvalue weighted by atomic mass is 16.5. The van der Waals surface area contributed by atoms with Crippen LogP contribution in [-0.4, -0.2) is 24.3 Å². The maximum atomic E-state index is 11.5. The fourth-order valence-electron chi connectivity index (χ4n) is 2.57. The Morgan fingerprint density at radius 3 is 2.46 bits per heavy atom. The molecule has 126 valence electrons. The number of aliphatic hydroxyl groups is 1. The molecule has 0 spiro atoms. The van der Waals surface area contributed by atoms with Crippen molar-refractivity contribution >= 4 is 5.97 Å². The Morgan fingerprint density at radius 1 is 1.12 bits per heavy atom. The Kier molecular flexibility index (Phi) is 6.33. The zero-order valence-electron chi connectivity index (χ0n) is 14.3. The number of carbonyl (C=O) groups excluding carboxylic acids is 1. The van der Waals surface area contributed by atoms with E-state index in [0.717, 1.165) is 22.3 Å². The van der Waals surface area contributed by atoms with E-state index in [4.69, 9.17) is 9.84 Å². The normalized spacial score (nSPS) is 10.5. The molecule has 0 atom stereocenters. The van der Waals surface area contributed by atoms with E-state index in [1.54, 1.807) is 6.92 Å². The fourth-order valence-corrected chi connectivity index (χ4v) is 2.57. The van der Waals surface area contributed by atoms with Crippen LogP contribution in [0.1, 0.15) is 23.6 Å². The summed E-state index contributed by atoms with van der Waals surface area (Å²) in [6, 6.07) is 14.5. The van der Waals surface area contributed by atoms with E-state index >= 15 is 0 Å². The maximum absolute atomic E-state index is 11.5. The number of benzene rings is 2. The molecule has 0 radical (unpaired) electrons. The lowest BCUT2D eigenvalue weighted by atomic mass is 9.95. The summed E-state index contributed by atoms with van der Waals surface area (Å²) in [5, 5.41) is 9.01. The van der Waals surface area contributed by atoms with Crippen molar-refractivity contribution in [2.75, 3.05) is 13.2 Å². The van der Waals surface area contributed by atoms with Gasteiger partial charge in [0.05, 0.1) is 6.61 Å². The predicted molar refractivity (Wildman–Crippen MR) is 96.9 cm³/mol. The van der Waals surface area contributed by atoms with E-state index in [9.17, 15) is 4.79 Å². The molecule has 2 aromatic carbocycles. The van der Waals surface area contributed by atoms with Crippen molar-refractivity contribution in [2.24, 2.45) is 0 Å². The second-order valence-electron chi connectivity index (χ2n) is 6.00. The van der Waals surface area contributed by atoms with Crippen LogP contribution in [0.3, 0.4) is 0 Å². The van der Waals surface area contributed by atoms with Gasteiger partial charge >= 0.3 is 5.97 Å². The third-order valence-corrected chi connectivity index (χ3v) is 3.88. The first kappa shape index (κ1) is 18.0. The molecule has 1 N–H and O–H groups in total.